The second-order valence-corrected chi connectivity index (χ2v) is 5.16. The van der Waals surface area contributed by atoms with Crippen molar-refractivity contribution in [3.05, 3.63) is 58.0 Å². The molecule has 1 N–H and O–H groups in total. The molecule has 114 valence electrons. The molecule has 1 fully saturated rings. The molecule has 0 aliphatic carbocycles. The van der Waals surface area contributed by atoms with E-state index < -0.39 is 0 Å². The maximum atomic E-state index is 12.4. The van der Waals surface area contributed by atoms with Crippen molar-refractivity contribution in [2.24, 2.45) is 0 Å². The molecular weight excluding hydrogens is 284 g/mol. The molecule has 0 spiro atoms. The van der Waals surface area contributed by atoms with Crippen LogP contribution in [0.2, 0.25) is 0 Å². The first-order chi connectivity index (χ1) is 10.6. The van der Waals surface area contributed by atoms with Crippen LogP contribution in [0.15, 0.2) is 35.5 Å². The highest BCUT2D eigenvalue weighted by molar-refractivity contribution is 5.92. The van der Waals surface area contributed by atoms with Crippen LogP contribution in [-0.4, -0.2) is 45.5 Å². The van der Waals surface area contributed by atoms with Crippen LogP contribution in [0.4, 0.5) is 0 Å². The molecule has 3 rings (SSSR count). The minimum Gasteiger partial charge on any atom is -0.368 e. The third-order valence-corrected chi connectivity index (χ3v) is 3.48. The number of nitrogens with zero attached hydrogens (tertiary/aromatic N) is 3. The van der Waals surface area contributed by atoms with Crippen molar-refractivity contribution in [2.75, 3.05) is 19.7 Å². The number of aryl methyl sites for hydroxylation is 1. The van der Waals surface area contributed by atoms with Gasteiger partial charge in [0, 0.05) is 42.5 Å². The Morgan fingerprint density at radius 3 is 3.00 bits per heavy atom. The minimum absolute atomic E-state index is 0.0766. The number of pyridine rings is 1. The number of aromatic amines is 1. The second kappa shape index (κ2) is 6.07. The Kier molecular flexibility index (Phi) is 3.97. The molecule has 2 aromatic heterocycles. The summed E-state index contributed by atoms with van der Waals surface area (Å²) < 4.78 is 5.69. The van der Waals surface area contributed by atoms with Gasteiger partial charge in [-0.3, -0.25) is 14.6 Å². The number of nitrogens with one attached hydrogen (secondary N) is 1. The van der Waals surface area contributed by atoms with Gasteiger partial charge >= 0.3 is 0 Å². The van der Waals surface area contributed by atoms with Crippen molar-refractivity contribution in [3.8, 4) is 0 Å². The summed E-state index contributed by atoms with van der Waals surface area (Å²) in [4.78, 5) is 36.8. The van der Waals surface area contributed by atoms with Crippen molar-refractivity contribution in [1.82, 2.24) is 19.9 Å². The Balaban J connectivity index is 1.79. The third-order valence-electron chi connectivity index (χ3n) is 3.48. The SMILES string of the molecule is Cc1cc(=O)cc(C2CN(C(=O)c3cnccn3)CCO2)[nH]1. The van der Waals surface area contributed by atoms with E-state index in [4.69, 9.17) is 4.74 Å². The summed E-state index contributed by atoms with van der Waals surface area (Å²) in [6.45, 7) is 3.08. The van der Waals surface area contributed by atoms with E-state index in [1.165, 1.54) is 30.7 Å². The van der Waals surface area contributed by atoms with Gasteiger partial charge in [-0.1, -0.05) is 0 Å². The number of carbonyl (C=O) groups excluding carboxylic acids is 1. The molecule has 7 nitrogen and oxygen atoms in total. The number of carbonyl (C=O) groups is 1. The highest BCUT2D eigenvalue weighted by Gasteiger charge is 2.27. The number of hydrogen-bond donors (Lipinski definition) is 1. The number of hydrogen-bond acceptors (Lipinski definition) is 5. The Labute approximate surface area is 127 Å². The lowest BCUT2D eigenvalue weighted by Gasteiger charge is -2.32. The van der Waals surface area contributed by atoms with Gasteiger partial charge in [0.1, 0.15) is 11.8 Å². The maximum absolute atomic E-state index is 12.4. The predicted molar refractivity (Wildman–Crippen MR) is 78.4 cm³/mol. The zero-order chi connectivity index (χ0) is 15.5. The normalized spacial score (nSPS) is 18.2. The van der Waals surface area contributed by atoms with Crippen LogP contribution in [-0.2, 0) is 4.74 Å². The summed E-state index contributed by atoms with van der Waals surface area (Å²) >= 11 is 0. The smallest absolute Gasteiger partial charge is 0.274 e. The molecule has 1 saturated heterocycles. The number of amides is 1. The topological polar surface area (TPSA) is 88.2 Å². The molecule has 0 bridgehead atoms. The molecular formula is C15H16N4O3. The van der Waals surface area contributed by atoms with E-state index in [9.17, 15) is 9.59 Å². The van der Waals surface area contributed by atoms with Gasteiger partial charge in [-0.15, -0.1) is 0 Å². The summed E-state index contributed by atoms with van der Waals surface area (Å²) in [5, 5.41) is 0. The monoisotopic (exact) mass is 300 g/mol. The van der Waals surface area contributed by atoms with Gasteiger partial charge in [-0.2, -0.15) is 0 Å². The van der Waals surface area contributed by atoms with Crippen LogP contribution in [0.1, 0.15) is 28.0 Å². The van der Waals surface area contributed by atoms with E-state index in [0.717, 1.165) is 5.69 Å². The largest absolute Gasteiger partial charge is 0.368 e. The van der Waals surface area contributed by atoms with E-state index in [1.807, 2.05) is 6.92 Å². The van der Waals surface area contributed by atoms with Crippen LogP contribution in [0, 0.1) is 6.92 Å². The number of morpholine rings is 1. The van der Waals surface area contributed by atoms with Crippen LogP contribution < -0.4 is 5.43 Å². The van der Waals surface area contributed by atoms with E-state index in [0.29, 0.717) is 31.1 Å². The molecule has 22 heavy (non-hydrogen) atoms. The molecule has 0 aromatic carbocycles. The minimum atomic E-state index is -0.345. The Bertz CT molecular complexity index is 729. The number of rotatable bonds is 2. The number of aromatic nitrogens is 3. The van der Waals surface area contributed by atoms with E-state index in [2.05, 4.69) is 15.0 Å². The molecule has 1 unspecified atom stereocenters. The van der Waals surface area contributed by atoms with Crippen LogP contribution in [0.3, 0.4) is 0 Å². The van der Waals surface area contributed by atoms with Gasteiger partial charge in [-0.25, -0.2) is 4.98 Å². The fourth-order valence-corrected chi connectivity index (χ4v) is 2.48. The van der Waals surface area contributed by atoms with Gasteiger partial charge in [0.15, 0.2) is 5.43 Å². The zero-order valence-corrected chi connectivity index (χ0v) is 12.2. The molecule has 1 amide bonds. The Hall–Kier alpha value is -2.54. The standard InChI is InChI=1S/C15H16N4O3/c1-10-6-11(20)7-12(18-10)14-9-19(4-5-22-14)15(21)13-8-16-2-3-17-13/h2-3,6-8,14H,4-5,9H2,1H3,(H,18,20). The summed E-state index contributed by atoms with van der Waals surface area (Å²) in [6, 6.07) is 3.03. The van der Waals surface area contributed by atoms with Crippen molar-refractivity contribution in [3.63, 3.8) is 0 Å². The highest BCUT2D eigenvalue weighted by Crippen LogP contribution is 2.20. The lowest BCUT2D eigenvalue weighted by atomic mass is 10.1. The fourth-order valence-electron chi connectivity index (χ4n) is 2.48. The molecule has 7 heteroatoms. The van der Waals surface area contributed by atoms with Crippen LogP contribution in [0.5, 0.6) is 0 Å². The summed E-state index contributed by atoms with van der Waals surface area (Å²) in [6.07, 6.45) is 4.11. The molecule has 0 radical (unpaired) electrons. The maximum Gasteiger partial charge on any atom is 0.274 e. The van der Waals surface area contributed by atoms with Gasteiger partial charge in [0.25, 0.3) is 5.91 Å². The summed E-state index contributed by atoms with van der Waals surface area (Å²) in [5.74, 6) is -0.184. The second-order valence-electron chi connectivity index (χ2n) is 5.16. The lowest BCUT2D eigenvalue weighted by Crippen LogP contribution is -2.43. The summed E-state index contributed by atoms with van der Waals surface area (Å²) in [5.41, 5.74) is 1.68. The van der Waals surface area contributed by atoms with Crippen molar-refractivity contribution in [1.29, 1.82) is 0 Å². The van der Waals surface area contributed by atoms with Crippen LogP contribution in [0.25, 0.3) is 0 Å². The first-order valence-corrected chi connectivity index (χ1v) is 7.01. The summed E-state index contributed by atoms with van der Waals surface area (Å²) in [7, 11) is 0. The molecule has 3 heterocycles. The van der Waals surface area contributed by atoms with E-state index in [1.54, 1.807) is 4.90 Å². The van der Waals surface area contributed by atoms with E-state index in [-0.39, 0.29) is 17.4 Å². The first kappa shape index (κ1) is 14.4. The number of ether oxygens (including phenoxy) is 1. The third kappa shape index (κ3) is 3.04. The lowest BCUT2D eigenvalue weighted by molar-refractivity contribution is -0.0250. The quantitative estimate of drug-likeness (QED) is 0.881. The van der Waals surface area contributed by atoms with Gasteiger partial charge in [0.2, 0.25) is 0 Å². The van der Waals surface area contributed by atoms with Crippen molar-refractivity contribution < 1.29 is 9.53 Å². The Morgan fingerprint density at radius 2 is 2.27 bits per heavy atom. The van der Waals surface area contributed by atoms with Gasteiger partial charge in [0.05, 0.1) is 19.3 Å². The molecule has 0 saturated carbocycles. The number of H-pyrrole nitrogens is 1. The first-order valence-electron chi connectivity index (χ1n) is 7.01. The molecule has 1 aliphatic rings. The van der Waals surface area contributed by atoms with Gasteiger partial charge in [-0.05, 0) is 6.92 Å². The molecule has 2 aromatic rings. The fraction of sp³-hybridized carbons (Fsp3) is 0.333. The average Bonchev–Trinajstić information content (AvgIpc) is 2.54. The van der Waals surface area contributed by atoms with Crippen molar-refractivity contribution >= 4 is 5.91 Å². The average molecular weight is 300 g/mol. The zero-order valence-electron chi connectivity index (χ0n) is 12.2. The van der Waals surface area contributed by atoms with Crippen LogP contribution >= 0.6 is 0 Å². The van der Waals surface area contributed by atoms with Gasteiger partial charge < -0.3 is 14.6 Å². The molecule has 1 atom stereocenters. The highest BCUT2D eigenvalue weighted by atomic mass is 16.5. The van der Waals surface area contributed by atoms with Crippen molar-refractivity contribution in [2.45, 2.75) is 13.0 Å². The van der Waals surface area contributed by atoms with E-state index >= 15 is 0 Å². The predicted octanol–water partition coefficient (Wildman–Crippen LogP) is 0.687. The Morgan fingerprint density at radius 1 is 1.41 bits per heavy atom. The molecule has 1 aliphatic heterocycles.